The Hall–Kier alpha value is -3.55. The summed E-state index contributed by atoms with van der Waals surface area (Å²) in [7, 11) is 1.33. The highest BCUT2D eigenvalue weighted by Gasteiger charge is 2.49. The van der Waals surface area contributed by atoms with Crippen molar-refractivity contribution in [3.8, 4) is 5.75 Å². The number of nitrogens with one attached hydrogen (secondary N) is 1. The summed E-state index contributed by atoms with van der Waals surface area (Å²) in [5.74, 6) is -3.00. The van der Waals surface area contributed by atoms with Gasteiger partial charge in [-0.2, -0.15) is 0 Å². The molecule has 1 N–H and O–H groups in total. The molecular formula is C28H29F2N3O3. The van der Waals surface area contributed by atoms with E-state index >= 15 is 0 Å². The van der Waals surface area contributed by atoms with Crippen molar-refractivity contribution < 1.29 is 23.1 Å². The van der Waals surface area contributed by atoms with Gasteiger partial charge in [0.1, 0.15) is 23.4 Å². The van der Waals surface area contributed by atoms with Crippen molar-refractivity contribution in [3.63, 3.8) is 0 Å². The number of pyridine rings is 1. The van der Waals surface area contributed by atoms with E-state index in [0.29, 0.717) is 13.0 Å². The van der Waals surface area contributed by atoms with Crippen LogP contribution in [0.15, 0.2) is 48.5 Å². The zero-order chi connectivity index (χ0) is 25.4. The van der Waals surface area contributed by atoms with Gasteiger partial charge in [-0.1, -0.05) is 31.2 Å². The fraction of sp³-hybridized carbons (Fsp3) is 0.393. The number of methoxy groups -OCH3 is 1. The largest absolute Gasteiger partial charge is 0.497 e. The number of likely N-dealkylation sites (tertiary alicyclic amines) is 1. The number of carbonyl (C=O) groups excluding carboxylic acids is 2. The molecule has 0 bridgehead atoms. The second-order valence-corrected chi connectivity index (χ2v) is 9.79. The maximum absolute atomic E-state index is 15.0. The van der Waals surface area contributed by atoms with Crippen LogP contribution in [0.5, 0.6) is 5.75 Å². The molecule has 5 rings (SSSR count). The number of rotatable bonds is 8. The maximum Gasteiger partial charge on any atom is 0.245 e. The van der Waals surface area contributed by atoms with E-state index in [9.17, 15) is 18.4 Å². The molecule has 2 amide bonds. The zero-order valence-corrected chi connectivity index (χ0v) is 20.4. The van der Waals surface area contributed by atoms with Crippen LogP contribution in [0.2, 0.25) is 0 Å². The van der Waals surface area contributed by atoms with Crippen LogP contribution in [0.25, 0.3) is 10.9 Å². The van der Waals surface area contributed by atoms with Gasteiger partial charge in [-0.15, -0.1) is 0 Å². The first-order valence-corrected chi connectivity index (χ1v) is 12.3. The highest BCUT2D eigenvalue weighted by Crippen LogP contribution is 2.50. The summed E-state index contributed by atoms with van der Waals surface area (Å²) in [5, 5.41) is 3.86. The molecule has 2 aromatic carbocycles. The normalized spacial score (nSPS) is 20.6. The van der Waals surface area contributed by atoms with Crippen LogP contribution in [0.4, 0.5) is 8.78 Å². The highest BCUT2D eigenvalue weighted by molar-refractivity contribution is 5.91. The summed E-state index contributed by atoms with van der Waals surface area (Å²) >= 11 is 0. The second kappa shape index (κ2) is 9.48. The number of nitrogens with zero attached hydrogens (tertiary/aromatic N) is 2. The highest BCUT2D eigenvalue weighted by atomic mass is 19.1. The maximum atomic E-state index is 15.0. The molecule has 2 fully saturated rings. The lowest BCUT2D eigenvalue weighted by atomic mass is 9.91. The van der Waals surface area contributed by atoms with Crippen LogP contribution >= 0.6 is 0 Å². The number of hydrogen-bond donors (Lipinski definition) is 1. The van der Waals surface area contributed by atoms with Gasteiger partial charge in [0.25, 0.3) is 0 Å². The van der Waals surface area contributed by atoms with Crippen molar-refractivity contribution in [3.05, 3.63) is 71.4 Å². The molecule has 3 aromatic rings. The van der Waals surface area contributed by atoms with Crippen LogP contribution in [-0.4, -0.2) is 47.9 Å². The van der Waals surface area contributed by atoms with Crippen molar-refractivity contribution in [1.29, 1.82) is 0 Å². The monoisotopic (exact) mass is 493 g/mol. The number of para-hydroxylation sites is 1. The van der Waals surface area contributed by atoms with E-state index in [4.69, 9.17) is 9.72 Å². The van der Waals surface area contributed by atoms with Crippen molar-refractivity contribution >= 4 is 22.7 Å². The summed E-state index contributed by atoms with van der Waals surface area (Å²) in [6.45, 7) is 2.51. The van der Waals surface area contributed by atoms with E-state index in [0.717, 1.165) is 41.6 Å². The molecule has 188 valence electrons. The average molecular weight is 494 g/mol. The Morgan fingerprint density at radius 1 is 1.17 bits per heavy atom. The minimum absolute atomic E-state index is 0.0580. The lowest BCUT2D eigenvalue weighted by Gasteiger charge is -2.22. The standard InChI is InChI=1S/C28H29F2N3O3/c1-3-12-33-16-19(25-20(29)13-18(36-2)14-21(25)30)26(27(33)35)32-24(34)15-28(10-11-28)23-9-8-17-6-4-5-7-22(17)31-23/h4-9,13-14,19,26H,3,10-12,15-16H2,1-2H3,(H,32,34)/t19-,26-/m0/s1. The van der Waals surface area contributed by atoms with Crippen LogP contribution in [0.1, 0.15) is 49.8 Å². The number of benzene rings is 2. The van der Waals surface area contributed by atoms with Crippen LogP contribution in [-0.2, 0) is 15.0 Å². The van der Waals surface area contributed by atoms with Crippen LogP contribution in [0, 0.1) is 11.6 Å². The van der Waals surface area contributed by atoms with E-state index in [-0.39, 0.29) is 41.5 Å². The van der Waals surface area contributed by atoms with Gasteiger partial charge in [-0.3, -0.25) is 14.6 Å². The topological polar surface area (TPSA) is 71.5 Å². The van der Waals surface area contributed by atoms with Gasteiger partial charge in [-0.05, 0) is 31.4 Å². The number of fused-ring (bicyclic) bond motifs is 1. The predicted octanol–water partition coefficient (Wildman–Crippen LogP) is 4.46. The molecule has 8 heteroatoms. The Balaban J connectivity index is 1.39. The second-order valence-electron chi connectivity index (χ2n) is 9.79. The third kappa shape index (κ3) is 4.40. The van der Waals surface area contributed by atoms with Gasteiger partial charge >= 0.3 is 0 Å². The Labute approximate surface area is 208 Å². The smallest absolute Gasteiger partial charge is 0.245 e. The predicted molar refractivity (Wildman–Crippen MR) is 132 cm³/mol. The first kappa shape index (κ1) is 24.2. The Bertz CT molecular complexity index is 1300. The molecule has 0 radical (unpaired) electrons. The molecule has 0 spiro atoms. The molecule has 1 aliphatic heterocycles. The molecule has 6 nitrogen and oxygen atoms in total. The minimum atomic E-state index is -1.04. The van der Waals surface area contributed by atoms with E-state index in [1.165, 1.54) is 7.11 Å². The summed E-state index contributed by atoms with van der Waals surface area (Å²) in [4.78, 5) is 32.8. The molecule has 1 saturated carbocycles. The van der Waals surface area contributed by atoms with Gasteiger partial charge in [-0.25, -0.2) is 8.78 Å². The lowest BCUT2D eigenvalue weighted by molar-refractivity contribution is -0.133. The third-order valence-electron chi connectivity index (χ3n) is 7.36. The number of aromatic nitrogens is 1. The molecule has 0 unspecified atom stereocenters. The van der Waals surface area contributed by atoms with Gasteiger partial charge in [0.05, 0.1) is 12.6 Å². The fourth-order valence-electron chi connectivity index (χ4n) is 5.29. The Kier molecular flexibility index (Phi) is 6.36. The van der Waals surface area contributed by atoms with Crippen molar-refractivity contribution in [2.24, 2.45) is 0 Å². The molecular weight excluding hydrogens is 464 g/mol. The van der Waals surface area contributed by atoms with E-state index in [2.05, 4.69) is 5.32 Å². The van der Waals surface area contributed by atoms with Crippen LogP contribution < -0.4 is 10.1 Å². The van der Waals surface area contributed by atoms with Crippen molar-refractivity contribution in [2.45, 2.75) is 50.0 Å². The molecule has 2 heterocycles. The Morgan fingerprint density at radius 2 is 1.89 bits per heavy atom. The molecule has 36 heavy (non-hydrogen) atoms. The zero-order valence-electron chi connectivity index (χ0n) is 20.4. The Morgan fingerprint density at radius 3 is 2.56 bits per heavy atom. The third-order valence-corrected chi connectivity index (χ3v) is 7.36. The summed E-state index contributed by atoms with van der Waals surface area (Å²) in [6.07, 6.45) is 2.49. The van der Waals surface area contributed by atoms with Crippen molar-refractivity contribution in [1.82, 2.24) is 15.2 Å². The molecule has 1 saturated heterocycles. The summed E-state index contributed by atoms with van der Waals surface area (Å²) < 4.78 is 34.9. The average Bonchev–Trinajstić information content (AvgIpc) is 3.59. The molecule has 2 atom stereocenters. The fourth-order valence-corrected chi connectivity index (χ4v) is 5.29. The van der Waals surface area contributed by atoms with Crippen LogP contribution in [0.3, 0.4) is 0 Å². The van der Waals surface area contributed by atoms with E-state index in [1.807, 2.05) is 43.3 Å². The van der Waals surface area contributed by atoms with Gasteiger partial charge in [0.2, 0.25) is 11.8 Å². The number of amides is 2. The molecule has 1 aliphatic carbocycles. The minimum Gasteiger partial charge on any atom is -0.497 e. The van der Waals surface area contributed by atoms with E-state index in [1.54, 1.807) is 4.90 Å². The lowest BCUT2D eigenvalue weighted by Crippen LogP contribution is -2.44. The first-order valence-electron chi connectivity index (χ1n) is 12.3. The van der Waals surface area contributed by atoms with Crippen molar-refractivity contribution in [2.75, 3.05) is 20.2 Å². The number of hydrogen-bond acceptors (Lipinski definition) is 4. The summed E-state index contributed by atoms with van der Waals surface area (Å²) in [6, 6.07) is 12.9. The number of halogens is 2. The number of ether oxygens (including phenoxy) is 1. The quantitative estimate of drug-likeness (QED) is 0.503. The van der Waals surface area contributed by atoms with Gasteiger partial charge < -0.3 is 15.0 Å². The van der Waals surface area contributed by atoms with E-state index < -0.39 is 23.6 Å². The van der Waals surface area contributed by atoms with Gasteiger partial charge in [0, 0.05) is 59.6 Å². The molecule has 2 aliphatic rings. The number of carbonyl (C=O) groups is 2. The SMILES string of the molecule is CCCN1C[C@@H](c2c(F)cc(OC)cc2F)[C@H](NC(=O)CC2(c3ccc4ccccc4n3)CC2)C1=O. The summed E-state index contributed by atoms with van der Waals surface area (Å²) in [5.41, 5.74) is 1.13. The first-order chi connectivity index (χ1) is 17.3. The van der Waals surface area contributed by atoms with Gasteiger partial charge in [0.15, 0.2) is 0 Å². The molecule has 1 aromatic heterocycles.